The summed E-state index contributed by atoms with van der Waals surface area (Å²) in [5.41, 5.74) is 0.465. The Balaban J connectivity index is 1.36. The molecule has 0 radical (unpaired) electrons. The number of rotatable bonds is 9. The molecule has 0 spiro atoms. The second-order valence-corrected chi connectivity index (χ2v) is 17.8. The van der Waals surface area contributed by atoms with Gasteiger partial charge in [0, 0.05) is 36.9 Å². The molecule has 0 bridgehead atoms. The first-order chi connectivity index (χ1) is 18.9. The number of fused-ring (bicyclic) bond motifs is 1. The molecular weight excluding hydrogens is 568 g/mol. The molecule has 1 aliphatic heterocycles. The number of halogens is 1. The van der Waals surface area contributed by atoms with Crippen LogP contribution in [0.1, 0.15) is 25.6 Å². The SMILES string of the molecule is Cc1cnc(NC(=O)C(CN2CC(O[Si](C)(C)C(C)(C)C)C2)Oc2ncnc3c2cnn3-c2ncccc2Cl)s1. The maximum absolute atomic E-state index is 13.4. The van der Waals surface area contributed by atoms with E-state index in [-0.39, 0.29) is 22.9 Å². The van der Waals surface area contributed by atoms with Gasteiger partial charge in [0.25, 0.3) is 5.91 Å². The fourth-order valence-corrected chi connectivity index (χ4v) is 6.29. The maximum atomic E-state index is 13.4. The van der Waals surface area contributed by atoms with Crippen molar-refractivity contribution in [3.05, 3.63) is 47.0 Å². The van der Waals surface area contributed by atoms with E-state index in [1.807, 2.05) is 6.92 Å². The highest BCUT2D eigenvalue weighted by atomic mass is 35.5. The number of hydrogen-bond donors (Lipinski definition) is 1. The maximum Gasteiger partial charge on any atom is 0.268 e. The minimum atomic E-state index is -1.88. The van der Waals surface area contributed by atoms with Crippen molar-refractivity contribution in [2.24, 2.45) is 0 Å². The van der Waals surface area contributed by atoms with Crippen LogP contribution in [0.15, 0.2) is 37.1 Å². The van der Waals surface area contributed by atoms with Crippen LogP contribution in [-0.2, 0) is 9.22 Å². The highest BCUT2D eigenvalue weighted by Crippen LogP contribution is 2.38. The number of amides is 1. The van der Waals surface area contributed by atoms with Crippen LogP contribution in [0.3, 0.4) is 0 Å². The van der Waals surface area contributed by atoms with Gasteiger partial charge in [0.05, 0.1) is 17.3 Å². The number of carbonyl (C=O) groups excluding carboxylic acids is 1. The number of carbonyl (C=O) groups is 1. The van der Waals surface area contributed by atoms with Gasteiger partial charge >= 0.3 is 0 Å². The van der Waals surface area contributed by atoms with Gasteiger partial charge in [0.2, 0.25) is 5.88 Å². The van der Waals surface area contributed by atoms with E-state index in [9.17, 15) is 4.79 Å². The Labute approximate surface area is 243 Å². The summed E-state index contributed by atoms with van der Waals surface area (Å²) in [4.78, 5) is 33.9. The molecule has 40 heavy (non-hydrogen) atoms. The molecule has 1 atom stereocenters. The number of ether oxygens (including phenoxy) is 1. The van der Waals surface area contributed by atoms with Crippen molar-refractivity contribution in [1.29, 1.82) is 0 Å². The van der Waals surface area contributed by atoms with Crippen molar-refractivity contribution >= 4 is 53.3 Å². The van der Waals surface area contributed by atoms with Gasteiger partial charge in [-0.25, -0.2) is 19.9 Å². The molecule has 11 nitrogen and oxygen atoms in total. The van der Waals surface area contributed by atoms with Crippen molar-refractivity contribution in [1.82, 2.24) is 34.6 Å². The molecule has 5 rings (SSSR count). The van der Waals surface area contributed by atoms with Crippen LogP contribution in [0.2, 0.25) is 23.2 Å². The number of pyridine rings is 1. The molecule has 212 valence electrons. The average Bonchev–Trinajstić information content (AvgIpc) is 3.48. The number of anilines is 1. The summed E-state index contributed by atoms with van der Waals surface area (Å²) in [6.45, 7) is 15.0. The van der Waals surface area contributed by atoms with Gasteiger partial charge in [0.1, 0.15) is 11.7 Å². The Morgan fingerprint density at radius 1 is 1.23 bits per heavy atom. The predicted octanol–water partition coefficient (Wildman–Crippen LogP) is 4.72. The predicted molar refractivity (Wildman–Crippen MR) is 158 cm³/mol. The van der Waals surface area contributed by atoms with Gasteiger partial charge < -0.3 is 9.16 Å². The van der Waals surface area contributed by atoms with Crippen LogP contribution in [0, 0.1) is 6.92 Å². The molecule has 4 aromatic rings. The molecule has 1 amide bonds. The second kappa shape index (κ2) is 11.1. The van der Waals surface area contributed by atoms with Crippen LogP contribution in [-0.4, -0.2) is 80.7 Å². The zero-order valence-electron chi connectivity index (χ0n) is 23.4. The normalized spacial score (nSPS) is 15.7. The quantitative estimate of drug-likeness (QED) is 0.272. The Bertz CT molecular complexity index is 1520. The topological polar surface area (TPSA) is 120 Å². The number of hydrogen-bond acceptors (Lipinski definition) is 10. The molecular formula is C26H33ClN8O3SSi. The number of nitrogens with zero attached hydrogens (tertiary/aromatic N) is 7. The first-order valence-corrected chi connectivity index (χ1v) is 17.1. The fraction of sp³-hybridized carbons (Fsp3) is 0.462. The third-order valence-electron chi connectivity index (χ3n) is 7.28. The molecule has 1 aliphatic rings. The van der Waals surface area contributed by atoms with Gasteiger partial charge in [-0.1, -0.05) is 32.4 Å². The van der Waals surface area contributed by atoms with Crippen LogP contribution in [0.5, 0.6) is 5.88 Å². The summed E-state index contributed by atoms with van der Waals surface area (Å²) < 4.78 is 14.3. The van der Waals surface area contributed by atoms with Gasteiger partial charge in [0.15, 0.2) is 31.0 Å². The molecule has 1 saturated heterocycles. The Hall–Kier alpha value is -2.97. The fourth-order valence-electron chi connectivity index (χ4n) is 4.09. The summed E-state index contributed by atoms with van der Waals surface area (Å²) >= 11 is 7.75. The molecule has 1 unspecified atom stereocenters. The Morgan fingerprint density at radius 2 is 2.00 bits per heavy atom. The van der Waals surface area contributed by atoms with E-state index in [0.717, 1.165) is 18.0 Å². The number of thiazole rings is 1. The van der Waals surface area contributed by atoms with Gasteiger partial charge in [-0.15, -0.1) is 11.3 Å². The molecule has 14 heteroatoms. The largest absolute Gasteiger partial charge is 0.462 e. The molecule has 0 saturated carbocycles. The summed E-state index contributed by atoms with van der Waals surface area (Å²) in [6.07, 6.45) is 5.58. The standard InChI is InChI=1S/C26H33ClN8O3SSi/c1-16-10-29-25(39-16)33-23(36)20(14-34-12-17(13-34)38-40(5,6)26(2,3)4)37-24-18-11-32-35(21(18)30-15-31-24)22-19(27)8-7-9-28-22/h7-11,15,17,20H,12-14H2,1-6H3,(H,29,33,36). The van der Waals surface area contributed by atoms with Gasteiger partial charge in [-0.3, -0.25) is 15.0 Å². The van der Waals surface area contributed by atoms with Gasteiger partial charge in [-0.05, 0) is 37.2 Å². The van der Waals surface area contributed by atoms with E-state index in [0.29, 0.717) is 33.6 Å². The average molecular weight is 601 g/mol. The van der Waals surface area contributed by atoms with Crippen molar-refractivity contribution in [2.45, 2.75) is 58.0 Å². The third-order valence-corrected chi connectivity index (χ3v) is 12.9. The lowest BCUT2D eigenvalue weighted by atomic mass is 10.1. The highest BCUT2D eigenvalue weighted by Gasteiger charge is 2.42. The number of likely N-dealkylation sites (tertiary alicyclic amines) is 1. The zero-order chi connectivity index (χ0) is 28.7. The summed E-state index contributed by atoms with van der Waals surface area (Å²) in [7, 11) is -1.88. The zero-order valence-corrected chi connectivity index (χ0v) is 26.0. The van der Waals surface area contributed by atoms with E-state index in [2.05, 4.69) is 69.1 Å². The molecule has 4 aromatic heterocycles. The van der Waals surface area contributed by atoms with Crippen LogP contribution < -0.4 is 10.1 Å². The van der Waals surface area contributed by atoms with Gasteiger partial charge in [-0.2, -0.15) is 9.78 Å². The van der Waals surface area contributed by atoms with Crippen LogP contribution in [0.4, 0.5) is 5.13 Å². The van der Waals surface area contributed by atoms with E-state index < -0.39 is 14.4 Å². The molecule has 1 N–H and O–H groups in total. The smallest absolute Gasteiger partial charge is 0.268 e. The minimum absolute atomic E-state index is 0.132. The highest BCUT2D eigenvalue weighted by molar-refractivity contribution is 7.15. The number of nitrogens with one attached hydrogen (secondary N) is 1. The lowest BCUT2D eigenvalue weighted by molar-refractivity contribution is -0.125. The third kappa shape index (κ3) is 6.03. The lowest BCUT2D eigenvalue weighted by Crippen LogP contribution is -2.60. The molecule has 0 aromatic carbocycles. The van der Waals surface area contributed by atoms with E-state index in [1.165, 1.54) is 22.3 Å². The molecule has 5 heterocycles. The Morgan fingerprint density at radius 3 is 2.67 bits per heavy atom. The van der Waals surface area contributed by atoms with Crippen LogP contribution >= 0.6 is 22.9 Å². The first kappa shape index (κ1) is 28.6. The van der Waals surface area contributed by atoms with E-state index in [1.54, 1.807) is 30.7 Å². The first-order valence-electron chi connectivity index (χ1n) is 13.0. The Kier molecular flexibility index (Phi) is 7.94. The second-order valence-electron chi connectivity index (χ2n) is 11.4. The number of aryl methyl sites for hydroxylation is 1. The minimum Gasteiger partial charge on any atom is -0.462 e. The monoisotopic (exact) mass is 600 g/mol. The summed E-state index contributed by atoms with van der Waals surface area (Å²) in [6, 6.07) is 3.47. The van der Waals surface area contributed by atoms with E-state index >= 15 is 0 Å². The molecule has 0 aliphatic carbocycles. The van der Waals surface area contributed by atoms with Crippen molar-refractivity contribution in [3.8, 4) is 11.7 Å². The lowest BCUT2D eigenvalue weighted by Gasteiger charge is -2.46. The molecule has 1 fully saturated rings. The van der Waals surface area contributed by atoms with Crippen molar-refractivity contribution in [3.63, 3.8) is 0 Å². The number of aromatic nitrogens is 6. The summed E-state index contributed by atoms with van der Waals surface area (Å²) in [5.74, 6) is 0.369. The van der Waals surface area contributed by atoms with Crippen molar-refractivity contribution in [2.75, 3.05) is 25.0 Å². The van der Waals surface area contributed by atoms with Crippen LogP contribution in [0.25, 0.3) is 16.9 Å². The summed E-state index contributed by atoms with van der Waals surface area (Å²) in [5, 5.41) is 8.92. The van der Waals surface area contributed by atoms with E-state index in [4.69, 9.17) is 20.8 Å². The van der Waals surface area contributed by atoms with Crippen molar-refractivity contribution < 1.29 is 14.0 Å².